The second kappa shape index (κ2) is 3.37. The van der Waals surface area contributed by atoms with Crippen molar-refractivity contribution in [3.8, 4) is 0 Å². The predicted molar refractivity (Wildman–Crippen MR) is 50.6 cm³/mol. The van der Waals surface area contributed by atoms with E-state index in [0.717, 1.165) is 32.0 Å². The minimum atomic E-state index is -0.191. The van der Waals surface area contributed by atoms with Gasteiger partial charge in [0, 0.05) is 5.92 Å². The molecule has 3 heteroatoms. The molecule has 0 unspecified atom stereocenters. The average Bonchev–Trinajstić information content (AvgIpc) is 2.85. The molecule has 0 bridgehead atoms. The quantitative estimate of drug-likeness (QED) is 0.497. The number of carbonyl (C=O) groups is 2. The highest BCUT2D eigenvalue weighted by Crippen LogP contribution is 2.65. The van der Waals surface area contributed by atoms with Crippen molar-refractivity contribution in [1.29, 1.82) is 0 Å². The fourth-order valence-corrected chi connectivity index (χ4v) is 3.10. The van der Waals surface area contributed by atoms with Crippen LogP contribution in [0.1, 0.15) is 32.1 Å². The average molecular weight is 196 g/mol. The molecule has 2 fully saturated rings. The van der Waals surface area contributed by atoms with Gasteiger partial charge in [-0.15, -0.1) is 0 Å². The van der Waals surface area contributed by atoms with Crippen molar-refractivity contribution in [3.05, 3.63) is 0 Å². The van der Waals surface area contributed by atoms with E-state index in [1.165, 1.54) is 13.5 Å². The highest BCUT2D eigenvalue weighted by Gasteiger charge is 2.67. The lowest BCUT2D eigenvalue weighted by Crippen LogP contribution is -2.15. The summed E-state index contributed by atoms with van der Waals surface area (Å²) in [6.45, 7) is 0. The number of rotatable bonds is 2. The van der Waals surface area contributed by atoms with Gasteiger partial charge in [0.25, 0.3) is 0 Å². The van der Waals surface area contributed by atoms with Crippen LogP contribution in [-0.4, -0.2) is 19.4 Å². The van der Waals surface area contributed by atoms with Crippen molar-refractivity contribution < 1.29 is 14.3 Å². The van der Waals surface area contributed by atoms with Crippen molar-refractivity contribution in [1.82, 2.24) is 0 Å². The van der Waals surface area contributed by atoms with Gasteiger partial charge in [-0.25, -0.2) is 0 Å². The molecule has 0 radical (unpaired) electrons. The summed E-state index contributed by atoms with van der Waals surface area (Å²) >= 11 is 0. The summed E-state index contributed by atoms with van der Waals surface area (Å²) in [4.78, 5) is 22.3. The van der Waals surface area contributed by atoms with E-state index in [2.05, 4.69) is 0 Å². The summed E-state index contributed by atoms with van der Waals surface area (Å²) in [5.41, 5.74) is -0.00685. The number of hydrogen-bond acceptors (Lipinski definition) is 3. The normalized spacial score (nSPS) is 33.8. The molecule has 0 saturated heterocycles. The third kappa shape index (κ3) is 1.18. The molecule has 78 valence electrons. The van der Waals surface area contributed by atoms with E-state index < -0.39 is 0 Å². The van der Waals surface area contributed by atoms with Crippen LogP contribution >= 0.6 is 0 Å². The minimum absolute atomic E-state index is 0.00685. The van der Waals surface area contributed by atoms with Crippen molar-refractivity contribution in [2.75, 3.05) is 7.11 Å². The molecule has 2 rings (SSSR count). The maximum atomic E-state index is 11.4. The molecule has 2 aliphatic carbocycles. The Kier molecular flexibility index (Phi) is 2.33. The number of hydrogen-bond donors (Lipinski definition) is 0. The van der Waals surface area contributed by atoms with Crippen LogP contribution in [-0.2, 0) is 14.3 Å². The number of methoxy groups -OCH3 is 1. The Hall–Kier alpha value is -0.860. The first-order valence-corrected chi connectivity index (χ1v) is 5.29. The smallest absolute Gasteiger partial charge is 0.309 e. The van der Waals surface area contributed by atoms with Crippen LogP contribution in [0.2, 0.25) is 0 Å². The van der Waals surface area contributed by atoms with Crippen LogP contribution in [0.25, 0.3) is 0 Å². The third-order valence-corrected chi connectivity index (χ3v) is 3.92. The Bertz CT molecular complexity index is 253. The fraction of sp³-hybridized carbons (Fsp3) is 0.818. The van der Waals surface area contributed by atoms with Gasteiger partial charge >= 0.3 is 5.97 Å². The van der Waals surface area contributed by atoms with Gasteiger partial charge in [0.05, 0.1) is 13.0 Å². The highest BCUT2D eigenvalue weighted by atomic mass is 16.5. The lowest BCUT2D eigenvalue weighted by Gasteiger charge is -2.21. The van der Waals surface area contributed by atoms with E-state index in [4.69, 9.17) is 4.74 Å². The molecular formula is C11H16O3. The molecule has 0 aromatic rings. The van der Waals surface area contributed by atoms with Gasteiger partial charge in [0.2, 0.25) is 0 Å². The summed E-state index contributed by atoms with van der Waals surface area (Å²) in [7, 11) is 1.40. The van der Waals surface area contributed by atoms with E-state index in [1.807, 2.05) is 0 Å². The van der Waals surface area contributed by atoms with Crippen molar-refractivity contribution >= 4 is 12.3 Å². The lowest BCUT2D eigenvalue weighted by molar-refractivity contribution is -0.143. The molecule has 0 amide bonds. The van der Waals surface area contributed by atoms with Crippen LogP contribution < -0.4 is 0 Å². The second-order valence-corrected chi connectivity index (χ2v) is 4.46. The first-order valence-electron chi connectivity index (χ1n) is 5.29. The molecule has 14 heavy (non-hydrogen) atoms. The SMILES string of the molecule is COC(=O)[C@@H]1[C@H](C=O)C12CCCCC2. The summed E-state index contributed by atoms with van der Waals surface area (Å²) in [5, 5.41) is 0. The van der Waals surface area contributed by atoms with Gasteiger partial charge < -0.3 is 9.53 Å². The molecular weight excluding hydrogens is 180 g/mol. The molecule has 0 aliphatic heterocycles. The first kappa shape index (κ1) is 9.69. The van der Waals surface area contributed by atoms with Crippen molar-refractivity contribution in [3.63, 3.8) is 0 Å². The molecule has 0 heterocycles. The van der Waals surface area contributed by atoms with Crippen LogP contribution in [0, 0.1) is 17.3 Å². The van der Waals surface area contributed by atoms with E-state index in [0.29, 0.717) is 0 Å². The maximum absolute atomic E-state index is 11.4. The first-order chi connectivity index (χ1) is 6.76. The molecule has 0 aromatic carbocycles. The van der Waals surface area contributed by atoms with Crippen LogP contribution in [0.4, 0.5) is 0 Å². The number of carbonyl (C=O) groups excluding carboxylic acids is 2. The van der Waals surface area contributed by atoms with Crippen LogP contribution in [0.3, 0.4) is 0 Å². The van der Waals surface area contributed by atoms with Gasteiger partial charge in [0.15, 0.2) is 0 Å². The fourth-order valence-electron chi connectivity index (χ4n) is 3.10. The van der Waals surface area contributed by atoms with Gasteiger partial charge in [-0.3, -0.25) is 4.79 Å². The Labute approximate surface area is 83.8 Å². The van der Waals surface area contributed by atoms with E-state index in [1.54, 1.807) is 0 Å². The molecule has 3 nitrogen and oxygen atoms in total. The van der Waals surface area contributed by atoms with Gasteiger partial charge in [-0.2, -0.15) is 0 Å². The topological polar surface area (TPSA) is 43.4 Å². The zero-order valence-corrected chi connectivity index (χ0v) is 8.49. The monoisotopic (exact) mass is 196 g/mol. The molecule has 0 N–H and O–H groups in total. The number of ether oxygens (including phenoxy) is 1. The summed E-state index contributed by atoms with van der Waals surface area (Å²) in [6.07, 6.45) is 6.54. The van der Waals surface area contributed by atoms with Gasteiger partial charge in [0.1, 0.15) is 6.29 Å². The highest BCUT2D eigenvalue weighted by molar-refractivity contribution is 5.84. The Morgan fingerprint density at radius 3 is 2.50 bits per heavy atom. The summed E-state index contributed by atoms with van der Waals surface area (Å²) < 4.78 is 4.74. The minimum Gasteiger partial charge on any atom is -0.469 e. The maximum Gasteiger partial charge on any atom is 0.309 e. The largest absolute Gasteiger partial charge is 0.469 e. The van der Waals surface area contributed by atoms with Crippen LogP contribution in [0.15, 0.2) is 0 Å². The number of aldehydes is 1. The van der Waals surface area contributed by atoms with Crippen molar-refractivity contribution in [2.45, 2.75) is 32.1 Å². The molecule has 0 aromatic heterocycles. The summed E-state index contributed by atoms with van der Waals surface area (Å²) in [5.74, 6) is -0.385. The zero-order chi connectivity index (χ0) is 10.2. The van der Waals surface area contributed by atoms with Gasteiger partial charge in [-0.05, 0) is 18.3 Å². The van der Waals surface area contributed by atoms with Crippen LogP contribution in [0.5, 0.6) is 0 Å². The Morgan fingerprint density at radius 1 is 1.36 bits per heavy atom. The Morgan fingerprint density at radius 2 is 2.00 bits per heavy atom. The van der Waals surface area contributed by atoms with E-state index in [9.17, 15) is 9.59 Å². The van der Waals surface area contributed by atoms with E-state index >= 15 is 0 Å². The van der Waals surface area contributed by atoms with E-state index in [-0.39, 0.29) is 23.2 Å². The van der Waals surface area contributed by atoms with Crippen molar-refractivity contribution in [2.24, 2.45) is 17.3 Å². The molecule has 2 atom stereocenters. The summed E-state index contributed by atoms with van der Waals surface area (Å²) in [6, 6.07) is 0. The predicted octanol–water partition coefficient (Wildman–Crippen LogP) is 1.55. The number of esters is 1. The standard InChI is InChI=1S/C11H16O3/c1-14-10(13)9-8(7-12)11(9)5-3-2-4-6-11/h7-9H,2-6H2,1H3/t8-,9-/m0/s1. The second-order valence-electron chi connectivity index (χ2n) is 4.46. The Balaban J connectivity index is 2.12. The molecule has 2 saturated carbocycles. The third-order valence-electron chi connectivity index (χ3n) is 3.92. The molecule has 2 aliphatic rings. The zero-order valence-electron chi connectivity index (χ0n) is 8.49. The molecule has 1 spiro atoms. The van der Waals surface area contributed by atoms with Gasteiger partial charge in [-0.1, -0.05) is 19.3 Å². The lowest BCUT2D eigenvalue weighted by atomic mass is 9.83.